The molecule has 2 N–H and O–H groups in total. The summed E-state index contributed by atoms with van der Waals surface area (Å²) in [5.74, 6) is -0.384. The van der Waals surface area contributed by atoms with E-state index in [1.165, 1.54) is 0 Å². The average molecular weight is 319 g/mol. The number of hydrogen-bond donors (Lipinski definition) is 2. The zero-order valence-corrected chi connectivity index (χ0v) is 12.9. The van der Waals surface area contributed by atoms with E-state index in [0.29, 0.717) is 5.56 Å². The molecule has 0 heterocycles. The van der Waals surface area contributed by atoms with Gasteiger partial charge in [-0.25, -0.2) is 8.42 Å². The summed E-state index contributed by atoms with van der Waals surface area (Å²) >= 11 is 5.40. The van der Waals surface area contributed by atoms with Gasteiger partial charge in [-0.3, -0.25) is 4.79 Å². The first-order valence-corrected chi connectivity index (χ1v) is 8.72. The van der Waals surface area contributed by atoms with E-state index in [2.05, 4.69) is 10.6 Å². The largest absolute Gasteiger partial charge is 0.385 e. The van der Waals surface area contributed by atoms with Gasteiger partial charge < -0.3 is 10.6 Å². The van der Waals surface area contributed by atoms with Crippen LogP contribution in [0.15, 0.2) is 24.3 Å². The van der Waals surface area contributed by atoms with Gasteiger partial charge in [-0.05, 0) is 25.1 Å². The highest BCUT2D eigenvalue weighted by molar-refractivity contribution is 7.91. The summed E-state index contributed by atoms with van der Waals surface area (Å²) in [6, 6.07) is 7.05. The molecular weight excluding hydrogens is 300 g/mol. The molecule has 0 fully saturated rings. The van der Waals surface area contributed by atoms with Gasteiger partial charge in [0.05, 0.1) is 11.5 Å². The minimum atomic E-state index is -3.19. The molecule has 0 atom stereocenters. The van der Waals surface area contributed by atoms with Crippen LogP contribution in [-0.4, -0.2) is 44.8 Å². The van der Waals surface area contributed by atoms with Crippen LogP contribution in [0, 0.1) is 0 Å². The van der Waals surface area contributed by atoms with Gasteiger partial charge in [-0.15, -0.1) is 11.6 Å². The summed E-state index contributed by atoms with van der Waals surface area (Å²) in [6.07, 6.45) is 0. The lowest BCUT2D eigenvalue weighted by Crippen LogP contribution is -2.30. The Morgan fingerprint density at radius 2 is 2.05 bits per heavy atom. The third-order valence-electron chi connectivity index (χ3n) is 2.59. The number of alkyl halides is 1. The number of nitrogens with one attached hydrogen (secondary N) is 2. The highest BCUT2D eigenvalue weighted by Gasteiger charge is 2.11. The molecule has 1 aromatic rings. The number of benzene rings is 1. The molecule has 0 saturated heterocycles. The molecular formula is C13H19ClN2O3S. The molecule has 0 aliphatic carbocycles. The molecule has 1 aromatic carbocycles. The third-order valence-corrected chi connectivity index (χ3v) is 4.66. The first-order chi connectivity index (χ1) is 9.48. The van der Waals surface area contributed by atoms with Gasteiger partial charge >= 0.3 is 0 Å². The quantitative estimate of drug-likeness (QED) is 0.712. The molecule has 0 bridgehead atoms. The molecule has 0 saturated carbocycles. The fraction of sp³-hybridized carbons (Fsp3) is 0.462. The Labute approximate surface area is 124 Å². The zero-order valence-electron chi connectivity index (χ0n) is 11.4. The number of amides is 1. The van der Waals surface area contributed by atoms with Crippen LogP contribution in [-0.2, 0) is 9.84 Å². The van der Waals surface area contributed by atoms with Crippen LogP contribution in [0.2, 0.25) is 0 Å². The molecule has 0 spiro atoms. The number of halogens is 1. The van der Waals surface area contributed by atoms with Gasteiger partial charge in [0.25, 0.3) is 5.91 Å². The molecule has 112 valence electrons. The van der Waals surface area contributed by atoms with Crippen LogP contribution < -0.4 is 10.6 Å². The molecule has 1 amide bonds. The molecule has 0 aliphatic heterocycles. The average Bonchev–Trinajstić information content (AvgIpc) is 2.39. The molecule has 0 unspecified atom stereocenters. The standard InChI is InChI=1S/C13H19ClN2O3S/c1-2-15-12-5-3-4-11(10-12)13(17)16-7-9-20(18,19)8-6-14/h3-5,10,15H,2,6-9H2,1H3,(H,16,17). The summed E-state index contributed by atoms with van der Waals surface area (Å²) in [5.41, 5.74) is 1.35. The molecule has 7 heteroatoms. The Morgan fingerprint density at radius 3 is 2.70 bits per heavy atom. The zero-order chi connectivity index (χ0) is 15.0. The second-order valence-corrected chi connectivity index (χ2v) is 6.89. The maximum absolute atomic E-state index is 11.9. The number of rotatable bonds is 8. The number of sulfone groups is 1. The number of carbonyl (C=O) groups is 1. The summed E-state index contributed by atoms with van der Waals surface area (Å²) in [7, 11) is -3.19. The van der Waals surface area contributed by atoms with Crippen LogP contribution >= 0.6 is 11.6 Å². The molecule has 1 rings (SSSR count). The van der Waals surface area contributed by atoms with Crippen molar-refractivity contribution in [2.75, 3.05) is 35.8 Å². The second-order valence-electron chi connectivity index (χ2n) is 4.21. The number of carbonyl (C=O) groups excluding carboxylic acids is 1. The maximum Gasteiger partial charge on any atom is 0.251 e. The minimum absolute atomic E-state index is 0.0691. The first kappa shape index (κ1) is 16.8. The second kappa shape index (κ2) is 8.11. The van der Waals surface area contributed by atoms with E-state index in [-0.39, 0.29) is 29.8 Å². The fourth-order valence-electron chi connectivity index (χ4n) is 1.62. The van der Waals surface area contributed by atoms with Crippen molar-refractivity contribution in [1.82, 2.24) is 5.32 Å². The highest BCUT2D eigenvalue weighted by Crippen LogP contribution is 2.10. The topological polar surface area (TPSA) is 75.3 Å². The van der Waals surface area contributed by atoms with Crippen LogP contribution in [0.3, 0.4) is 0 Å². The van der Waals surface area contributed by atoms with E-state index in [9.17, 15) is 13.2 Å². The monoisotopic (exact) mass is 318 g/mol. The third kappa shape index (κ3) is 5.79. The van der Waals surface area contributed by atoms with Crippen LogP contribution in [0.4, 0.5) is 5.69 Å². The predicted molar refractivity (Wildman–Crippen MR) is 82.3 cm³/mol. The molecule has 0 radical (unpaired) electrons. The Hall–Kier alpha value is -1.27. The van der Waals surface area contributed by atoms with Crippen molar-refractivity contribution in [3.63, 3.8) is 0 Å². The van der Waals surface area contributed by atoms with E-state index >= 15 is 0 Å². The highest BCUT2D eigenvalue weighted by atomic mass is 35.5. The minimum Gasteiger partial charge on any atom is -0.385 e. The van der Waals surface area contributed by atoms with E-state index in [4.69, 9.17) is 11.6 Å². The number of anilines is 1. The van der Waals surface area contributed by atoms with E-state index in [1.54, 1.807) is 18.2 Å². The lowest BCUT2D eigenvalue weighted by atomic mass is 10.2. The van der Waals surface area contributed by atoms with Gasteiger partial charge in [0.1, 0.15) is 0 Å². The Bertz CT molecular complexity index is 546. The van der Waals surface area contributed by atoms with E-state index in [0.717, 1.165) is 12.2 Å². The van der Waals surface area contributed by atoms with Crippen molar-refractivity contribution in [2.45, 2.75) is 6.92 Å². The molecule has 5 nitrogen and oxygen atoms in total. The van der Waals surface area contributed by atoms with Crippen molar-refractivity contribution in [1.29, 1.82) is 0 Å². The van der Waals surface area contributed by atoms with E-state index in [1.807, 2.05) is 13.0 Å². The van der Waals surface area contributed by atoms with Gasteiger partial charge in [0, 0.05) is 30.2 Å². The Morgan fingerprint density at radius 1 is 1.30 bits per heavy atom. The smallest absolute Gasteiger partial charge is 0.251 e. The van der Waals surface area contributed by atoms with Crippen molar-refractivity contribution in [3.05, 3.63) is 29.8 Å². The van der Waals surface area contributed by atoms with E-state index < -0.39 is 9.84 Å². The van der Waals surface area contributed by atoms with Crippen LogP contribution in [0.25, 0.3) is 0 Å². The first-order valence-electron chi connectivity index (χ1n) is 6.37. The van der Waals surface area contributed by atoms with Crippen LogP contribution in [0.5, 0.6) is 0 Å². The lowest BCUT2D eigenvalue weighted by Gasteiger charge is -2.08. The summed E-state index contributed by atoms with van der Waals surface area (Å²) in [6.45, 7) is 2.82. The SMILES string of the molecule is CCNc1cccc(C(=O)NCCS(=O)(=O)CCCl)c1. The van der Waals surface area contributed by atoms with Crippen LogP contribution in [0.1, 0.15) is 17.3 Å². The Balaban J connectivity index is 2.53. The molecule has 0 aromatic heterocycles. The summed E-state index contributed by atoms with van der Waals surface area (Å²) in [4.78, 5) is 11.9. The maximum atomic E-state index is 11.9. The van der Waals surface area contributed by atoms with Crippen molar-refractivity contribution >= 4 is 33.0 Å². The normalized spacial score (nSPS) is 11.1. The molecule has 0 aliphatic rings. The summed E-state index contributed by atoms with van der Waals surface area (Å²) in [5, 5.41) is 5.70. The van der Waals surface area contributed by atoms with Crippen molar-refractivity contribution < 1.29 is 13.2 Å². The fourth-order valence-corrected chi connectivity index (χ4v) is 3.17. The van der Waals surface area contributed by atoms with Gasteiger partial charge in [0.15, 0.2) is 9.84 Å². The summed E-state index contributed by atoms with van der Waals surface area (Å²) < 4.78 is 22.9. The van der Waals surface area contributed by atoms with Gasteiger partial charge in [-0.1, -0.05) is 6.07 Å². The Kier molecular flexibility index (Phi) is 6.81. The number of hydrogen-bond acceptors (Lipinski definition) is 4. The van der Waals surface area contributed by atoms with Crippen molar-refractivity contribution in [2.24, 2.45) is 0 Å². The molecule has 20 heavy (non-hydrogen) atoms. The lowest BCUT2D eigenvalue weighted by molar-refractivity contribution is 0.0956. The van der Waals surface area contributed by atoms with Gasteiger partial charge in [0.2, 0.25) is 0 Å². The van der Waals surface area contributed by atoms with Gasteiger partial charge in [-0.2, -0.15) is 0 Å². The predicted octanol–water partition coefficient (Wildman–Crippen LogP) is 1.50. The van der Waals surface area contributed by atoms with Crippen molar-refractivity contribution in [3.8, 4) is 0 Å².